The minimum atomic E-state index is -0.171. The van der Waals surface area contributed by atoms with Crippen molar-refractivity contribution in [1.29, 1.82) is 0 Å². The van der Waals surface area contributed by atoms with Crippen molar-refractivity contribution in [3.8, 4) is 11.5 Å². The van der Waals surface area contributed by atoms with Crippen LogP contribution >= 0.6 is 0 Å². The van der Waals surface area contributed by atoms with Gasteiger partial charge in [-0.25, -0.2) is 0 Å². The largest absolute Gasteiger partial charge is 0.454 e. The summed E-state index contributed by atoms with van der Waals surface area (Å²) in [5.41, 5.74) is 5.36. The number of hydrogen-bond acceptors (Lipinski definition) is 4. The zero-order chi connectivity index (χ0) is 21.4. The molecule has 3 aromatic rings. The summed E-state index contributed by atoms with van der Waals surface area (Å²) in [5, 5.41) is 2.95. The van der Waals surface area contributed by atoms with Crippen molar-refractivity contribution in [3.05, 3.63) is 88.5 Å². The normalized spacial score (nSPS) is 13.8. The second-order valence-electron chi connectivity index (χ2n) is 7.79. The minimum Gasteiger partial charge on any atom is -0.454 e. The van der Waals surface area contributed by atoms with Gasteiger partial charge in [-0.1, -0.05) is 29.8 Å². The molecule has 0 unspecified atom stereocenters. The molecular formula is C25H22N2O4. The first-order valence-electron chi connectivity index (χ1n) is 10.3. The Morgan fingerprint density at radius 2 is 1.84 bits per heavy atom. The van der Waals surface area contributed by atoms with Gasteiger partial charge in [0.15, 0.2) is 11.5 Å². The van der Waals surface area contributed by atoms with Crippen LogP contribution in [0, 0.1) is 6.92 Å². The van der Waals surface area contributed by atoms with E-state index >= 15 is 0 Å². The lowest BCUT2D eigenvalue weighted by molar-refractivity contribution is 0.0949. The molecule has 1 N–H and O–H groups in total. The Morgan fingerprint density at radius 3 is 2.71 bits per heavy atom. The van der Waals surface area contributed by atoms with Crippen molar-refractivity contribution >= 4 is 17.5 Å². The lowest BCUT2D eigenvalue weighted by Gasteiger charge is -2.18. The van der Waals surface area contributed by atoms with E-state index in [0.717, 1.165) is 28.8 Å². The molecular weight excluding hydrogens is 392 g/mol. The van der Waals surface area contributed by atoms with Crippen molar-refractivity contribution < 1.29 is 19.1 Å². The zero-order valence-corrected chi connectivity index (χ0v) is 17.2. The number of anilines is 1. The first-order valence-corrected chi connectivity index (χ1v) is 10.3. The van der Waals surface area contributed by atoms with Crippen LogP contribution in [0.5, 0.6) is 11.5 Å². The number of rotatable bonds is 4. The quantitative estimate of drug-likeness (QED) is 0.704. The van der Waals surface area contributed by atoms with Gasteiger partial charge in [0.2, 0.25) is 6.79 Å². The molecule has 2 aliphatic heterocycles. The van der Waals surface area contributed by atoms with Gasteiger partial charge in [-0.2, -0.15) is 0 Å². The molecule has 0 radical (unpaired) electrons. The standard InChI is InChI=1S/C25H22N2O4/c1-16-3-2-4-20(11-16)25(29)27-10-9-18-12-17(5-7-21(18)27)14-26-24(28)19-6-8-22-23(13-19)31-15-30-22/h2-8,11-13H,9-10,14-15H2,1H3,(H,26,28). The number of hydrogen-bond donors (Lipinski definition) is 1. The SMILES string of the molecule is Cc1cccc(C(=O)N2CCc3cc(CNC(=O)c4ccc5c(c4)OCO5)ccc32)c1. The maximum Gasteiger partial charge on any atom is 0.258 e. The molecule has 5 rings (SSSR count). The Kier molecular flexibility index (Phi) is 4.82. The topological polar surface area (TPSA) is 67.9 Å². The van der Waals surface area contributed by atoms with Gasteiger partial charge in [-0.05, 0) is 60.9 Å². The van der Waals surface area contributed by atoms with Crippen molar-refractivity contribution in [2.75, 3.05) is 18.2 Å². The molecule has 0 saturated carbocycles. The van der Waals surface area contributed by atoms with E-state index in [-0.39, 0.29) is 18.6 Å². The average molecular weight is 414 g/mol. The van der Waals surface area contributed by atoms with Crippen LogP contribution < -0.4 is 19.7 Å². The molecule has 3 aromatic carbocycles. The minimum absolute atomic E-state index is 0.0197. The van der Waals surface area contributed by atoms with E-state index in [2.05, 4.69) is 11.4 Å². The smallest absolute Gasteiger partial charge is 0.258 e. The first kappa shape index (κ1) is 19.2. The molecule has 31 heavy (non-hydrogen) atoms. The number of amides is 2. The highest BCUT2D eigenvalue weighted by Crippen LogP contribution is 2.33. The molecule has 2 aliphatic rings. The van der Waals surface area contributed by atoms with E-state index in [9.17, 15) is 9.59 Å². The lowest BCUT2D eigenvalue weighted by Crippen LogP contribution is -2.28. The highest BCUT2D eigenvalue weighted by atomic mass is 16.7. The summed E-state index contributed by atoms with van der Waals surface area (Å²) in [6, 6.07) is 18.8. The van der Waals surface area contributed by atoms with Crippen LogP contribution in [-0.4, -0.2) is 25.2 Å². The molecule has 6 heteroatoms. The molecule has 0 saturated heterocycles. The molecule has 6 nitrogen and oxygen atoms in total. The van der Waals surface area contributed by atoms with Gasteiger partial charge in [-0.15, -0.1) is 0 Å². The van der Waals surface area contributed by atoms with Crippen molar-refractivity contribution in [3.63, 3.8) is 0 Å². The number of aryl methyl sites for hydroxylation is 1. The molecule has 2 amide bonds. The van der Waals surface area contributed by atoms with E-state index in [0.29, 0.717) is 35.7 Å². The van der Waals surface area contributed by atoms with Crippen molar-refractivity contribution in [2.45, 2.75) is 19.9 Å². The summed E-state index contributed by atoms with van der Waals surface area (Å²) in [6.07, 6.45) is 0.802. The summed E-state index contributed by atoms with van der Waals surface area (Å²) in [5.74, 6) is 1.09. The Morgan fingerprint density at radius 1 is 0.968 bits per heavy atom. The summed E-state index contributed by atoms with van der Waals surface area (Å²) < 4.78 is 10.6. The van der Waals surface area contributed by atoms with Gasteiger partial charge >= 0.3 is 0 Å². The van der Waals surface area contributed by atoms with Gasteiger partial charge in [0.05, 0.1) is 0 Å². The molecule has 0 bridgehead atoms. The summed E-state index contributed by atoms with van der Waals surface area (Å²) >= 11 is 0. The van der Waals surface area contributed by atoms with Crippen molar-refractivity contribution in [1.82, 2.24) is 5.32 Å². The number of carbonyl (C=O) groups is 2. The first-order chi connectivity index (χ1) is 15.1. The van der Waals surface area contributed by atoms with Gasteiger partial charge in [0, 0.05) is 29.9 Å². The highest BCUT2D eigenvalue weighted by Gasteiger charge is 2.26. The van der Waals surface area contributed by atoms with E-state index in [1.54, 1.807) is 18.2 Å². The van der Waals surface area contributed by atoms with Gasteiger partial charge in [-0.3, -0.25) is 9.59 Å². The number of benzene rings is 3. The third-order valence-electron chi connectivity index (χ3n) is 5.64. The number of nitrogens with zero attached hydrogens (tertiary/aromatic N) is 1. The van der Waals surface area contributed by atoms with Crippen LogP contribution in [-0.2, 0) is 13.0 Å². The summed E-state index contributed by atoms with van der Waals surface area (Å²) in [6.45, 7) is 3.24. The maximum absolute atomic E-state index is 12.9. The molecule has 156 valence electrons. The number of fused-ring (bicyclic) bond motifs is 2. The maximum atomic E-state index is 12.9. The Balaban J connectivity index is 1.27. The Hall–Kier alpha value is -3.80. The summed E-state index contributed by atoms with van der Waals surface area (Å²) in [4.78, 5) is 27.3. The average Bonchev–Trinajstić information content (AvgIpc) is 3.43. The van der Waals surface area contributed by atoms with Gasteiger partial charge in [0.25, 0.3) is 11.8 Å². The number of nitrogens with one attached hydrogen (secondary N) is 1. The van der Waals surface area contributed by atoms with Crippen LogP contribution in [0.4, 0.5) is 5.69 Å². The molecule has 0 aromatic heterocycles. The van der Waals surface area contributed by atoms with E-state index in [1.807, 2.05) is 48.2 Å². The van der Waals surface area contributed by atoms with Crippen LogP contribution in [0.3, 0.4) is 0 Å². The van der Waals surface area contributed by atoms with Crippen LogP contribution in [0.1, 0.15) is 37.4 Å². The van der Waals surface area contributed by atoms with Gasteiger partial charge < -0.3 is 19.7 Å². The van der Waals surface area contributed by atoms with Crippen molar-refractivity contribution in [2.24, 2.45) is 0 Å². The molecule has 0 aliphatic carbocycles. The Labute approximate surface area is 180 Å². The van der Waals surface area contributed by atoms with Crippen LogP contribution in [0.2, 0.25) is 0 Å². The molecule has 0 fully saturated rings. The van der Waals surface area contributed by atoms with Crippen LogP contribution in [0.15, 0.2) is 60.7 Å². The zero-order valence-electron chi connectivity index (χ0n) is 17.2. The Bertz CT molecular complexity index is 1190. The number of carbonyl (C=O) groups excluding carboxylic acids is 2. The van der Waals surface area contributed by atoms with Gasteiger partial charge in [0.1, 0.15) is 0 Å². The van der Waals surface area contributed by atoms with E-state index in [1.165, 1.54) is 0 Å². The van der Waals surface area contributed by atoms with E-state index in [4.69, 9.17) is 9.47 Å². The fraction of sp³-hybridized carbons (Fsp3) is 0.200. The third-order valence-corrected chi connectivity index (χ3v) is 5.64. The highest BCUT2D eigenvalue weighted by molar-refractivity contribution is 6.07. The van der Waals surface area contributed by atoms with Crippen LogP contribution in [0.25, 0.3) is 0 Å². The molecule has 0 spiro atoms. The fourth-order valence-electron chi connectivity index (χ4n) is 4.03. The fourth-order valence-corrected chi connectivity index (χ4v) is 4.03. The lowest BCUT2D eigenvalue weighted by atomic mass is 10.1. The monoisotopic (exact) mass is 414 g/mol. The molecule has 2 heterocycles. The predicted octanol–water partition coefficient (Wildman–Crippen LogP) is 3.86. The third kappa shape index (κ3) is 3.72. The van der Waals surface area contributed by atoms with E-state index < -0.39 is 0 Å². The predicted molar refractivity (Wildman–Crippen MR) is 117 cm³/mol. The second kappa shape index (κ2) is 7.80. The second-order valence-corrected chi connectivity index (χ2v) is 7.79. The number of ether oxygens (including phenoxy) is 2. The summed E-state index contributed by atoms with van der Waals surface area (Å²) in [7, 11) is 0. The molecule has 0 atom stereocenters.